The maximum atomic E-state index is 14.6. The monoisotopic (exact) mass is 498 g/mol. The van der Waals surface area contributed by atoms with Gasteiger partial charge in [0.15, 0.2) is 11.6 Å². The molecule has 3 aromatic rings. The number of carbonyl (C=O) groups excluding carboxylic acids is 1. The summed E-state index contributed by atoms with van der Waals surface area (Å²) in [6.07, 6.45) is 1.24. The van der Waals surface area contributed by atoms with Crippen LogP contribution in [0.25, 0.3) is 0 Å². The summed E-state index contributed by atoms with van der Waals surface area (Å²) in [6, 6.07) is 6.87. The minimum atomic E-state index is -4.43. The average Bonchev–Trinajstić information content (AvgIpc) is 3.27. The fourth-order valence-corrected chi connectivity index (χ4v) is 5.25. The van der Waals surface area contributed by atoms with Crippen molar-refractivity contribution in [1.82, 2.24) is 14.7 Å². The van der Waals surface area contributed by atoms with Crippen molar-refractivity contribution in [2.45, 2.75) is 17.2 Å². The number of halogens is 3. The predicted octanol–water partition coefficient (Wildman–Crippen LogP) is 3.05. The number of piperidine rings is 1. The highest BCUT2D eigenvalue weighted by Crippen LogP contribution is 2.33. The molecule has 174 valence electrons. The molecule has 13 heteroatoms. The van der Waals surface area contributed by atoms with Gasteiger partial charge in [-0.15, -0.1) is 0 Å². The second-order valence-electron chi connectivity index (χ2n) is 7.30. The molecule has 2 N–H and O–H groups in total. The van der Waals surface area contributed by atoms with Gasteiger partial charge in [0.2, 0.25) is 11.0 Å². The Labute approximate surface area is 191 Å². The van der Waals surface area contributed by atoms with Gasteiger partial charge in [0.25, 0.3) is 10.0 Å². The molecule has 0 radical (unpaired) electrons. The van der Waals surface area contributed by atoms with Crippen molar-refractivity contribution in [2.75, 3.05) is 17.9 Å². The van der Waals surface area contributed by atoms with Gasteiger partial charge in [0, 0.05) is 48.5 Å². The molecule has 33 heavy (non-hydrogen) atoms. The fraction of sp³-hybridized carbons (Fsp3) is 0.250. The van der Waals surface area contributed by atoms with E-state index in [4.69, 9.17) is 4.74 Å². The number of rotatable bonds is 7. The van der Waals surface area contributed by atoms with E-state index in [2.05, 4.69) is 14.7 Å². The van der Waals surface area contributed by atoms with Crippen LogP contribution in [0.2, 0.25) is 0 Å². The molecule has 0 bridgehead atoms. The molecule has 2 heterocycles. The van der Waals surface area contributed by atoms with Crippen molar-refractivity contribution in [3.05, 3.63) is 65.7 Å². The van der Waals surface area contributed by atoms with Crippen molar-refractivity contribution < 1.29 is 31.1 Å². The van der Waals surface area contributed by atoms with Gasteiger partial charge in [-0.1, -0.05) is 12.1 Å². The van der Waals surface area contributed by atoms with Crippen LogP contribution >= 0.6 is 11.5 Å². The highest BCUT2D eigenvalue weighted by atomic mass is 32.2. The Morgan fingerprint density at radius 3 is 2.61 bits per heavy atom. The second-order valence-corrected chi connectivity index (χ2v) is 9.73. The van der Waals surface area contributed by atoms with Crippen LogP contribution in [0, 0.1) is 23.4 Å². The summed E-state index contributed by atoms with van der Waals surface area (Å²) < 4.78 is 78.3. The van der Waals surface area contributed by atoms with E-state index in [9.17, 15) is 26.4 Å². The summed E-state index contributed by atoms with van der Waals surface area (Å²) >= 11 is 0.738. The molecule has 0 spiro atoms. The number of carbonyl (C=O) groups is 1. The minimum absolute atomic E-state index is 0.0895. The van der Waals surface area contributed by atoms with E-state index in [0.717, 1.165) is 23.4 Å². The normalized spacial score (nSPS) is 18.6. The van der Waals surface area contributed by atoms with Gasteiger partial charge in [-0.2, -0.15) is 4.37 Å². The van der Waals surface area contributed by atoms with Gasteiger partial charge >= 0.3 is 0 Å². The first kappa shape index (κ1) is 23.0. The zero-order chi connectivity index (χ0) is 23.6. The van der Waals surface area contributed by atoms with Gasteiger partial charge in [-0.05, 0) is 17.7 Å². The smallest absolute Gasteiger partial charge is 0.266 e. The van der Waals surface area contributed by atoms with Gasteiger partial charge in [-0.25, -0.2) is 26.6 Å². The number of anilines is 1. The Hall–Kier alpha value is -3.19. The lowest BCUT2D eigenvalue weighted by Crippen LogP contribution is -2.42. The van der Waals surface area contributed by atoms with E-state index in [1.54, 1.807) is 12.1 Å². The first-order valence-corrected chi connectivity index (χ1v) is 11.9. The number of nitrogens with zero attached hydrogens (tertiary/aromatic N) is 2. The highest BCUT2D eigenvalue weighted by molar-refractivity contribution is 7.93. The van der Waals surface area contributed by atoms with E-state index in [1.165, 1.54) is 12.1 Å². The van der Waals surface area contributed by atoms with Gasteiger partial charge in [-0.3, -0.25) is 9.52 Å². The molecular formula is C20H17F3N4O4S2. The van der Waals surface area contributed by atoms with Crippen molar-refractivity contribution in [3.63, 3.8) is 0 Å². The van der Waals surface area contributed by atoms with E-state index < -0.39 is 38.1 Å². The topological polar surface area (TPSA) is 110 Å². The number of amides is 1. The second kappa shape index (κ2) is 9.35. The average molecular weight is 499 g/mol. The third-order valence-corrected chi connectivity index (χ3v) is 7.21. The van der Waals surface area contributed by atoms with Gasteiger partial charge < -0.3 is 10.1 Å². The molecule has 1 unspecified atom stereocenters. The number of benzene rings is 2. The van der Waals surface area contributed by atoms with E-state index in [0.29, 0.717) is 12.1 Å². The molecule has 1 saturated heterocycles. The molecule has 2 atom stereocenters. The summed E-state index contributed by atoms with van der Waals surface area (Å²) in [6.45, 7) is 0.136. The third-order valence-electron chi connectivity index (χ3n) is 5.15. The molecular weight excluding hydrogens is 481 g/mol. The SMILES string of the molecule is O=C1CC(c2ccc(F)cc2)[C@H](COc2cc(F)c(S(=O)(=O)Nc3ncns3)cc2F)CN1. The van der Waals surface area contributed by atoms with Crippen molar-refractivity contribution in [1.29, 1.82) is 0 Å². The van der Waals surface area contributed by atoms with Crippen molar-refractivity contribution in [3.8, 4) is 5.75 Å². The molecule has 0 aliphatic carbocycles. The molecule has 4 rings (SSSR count). The van der Waals surface area contributed by atoms with E-state index >= 15 is 0 Å². The molecule has 0 saturated carbocycles. The predicted molar refractivity (Wildman–Crippen MR) is 113 cm³/mol. The maximum absolute atomic E-state index is 14.6. The number of hydrogen-bond acceptors (Lipinski definition) is 7. The summed E-state index contributed by atoms with van der Waals surface area (Å²) in [5.41, 5.74) is 0.718. The summed E-state index contributed by atoms with van der Waals surface area (Å²) in [5.74, 6) is -3.99. The van der Waals surface area contributed by atoms with Crippen LogP contribution in [-0.4, -0.2) is 36.8 Å². The molecule has 1 fully saturated rings. The van der Waals surface area contributed by atoms with Crippen LogP contribution in [0.3, 0.4) is 0 Å². The molecule has 1 amide bonds. The fourth-order valence-electron chi connectivity index (χ4n) is 3.51. The lowest BCUT2D eigenvalue weighted by molar-refractivity contribution is -0.123. The first-order chi connectivity index (χ1) is 15.7. The van der Waals surface area contributed by atoms with Crippen LogP contribution < -0.4 is 14.8 Å². The number of ether oxygens (including phenoxy) is 1. The van der Waals surface area contributed by atoms with E-state index in [-0.39, 0.29) is 42.4 Å². The third kappa shape index (κ3) is 5.25. The molecule has 1 aromatic heterocycles. The van der Waals surface area contributed by atoms with E-state index in [1.807, 2.05) is 4.72 Å². The lowest BCUT2D eigenvalue weighted by atomic mass is 9.81. The molecule has 2 aromatic carbocycles. The Balaban J connectivity index is 1.51. The quantitative estimate of drug-likeness (QED) is 0.518. The van der Waals surface area contributed by atoms with Gasteiger partial charge in [0.05, 0.1) is 6.61 Å². The number of aromatic nitrogens is 2. The Kier molecular flexibility index (Phi) is 6.51. The molecule has 1 aliphatic rings. The first-order valence-electron chi connectivity index (χ1n) is 9.66. The van der Waals surface area contributed by atoms with Crippen molar-refractivity contribution in [2.24, 2.45) is 5.92 Å². The number of hydrogen-bond donors (Lipinski definition) is 2. The standard InChI is InChI=1S/C20H17F3N4O4S2/c21-13-3-1-11(2-4-13)14-5-19(28)24-8-12(14)9-31-17-6-16(23)18(7-15(17)22)33(29,30)27-20-25-10-26-32-20/h1-4,6-7,10,12,14H,5,8-9H2,(H,24,28)(H,25,26,27)/t12-,14?/m0/s1. The highest BCUT2D eigenvalue weighted by Gasteiger charge is 2.31. The number of sulfonamides is 1. The van der Waals surface area contributed by atoms with Gasteiger partial charge in [0.1, 0.15) is 22.9 Å². The summed E-state index contributed by atoms with van der Waals surface area (Å²) in [5, 5.41) is 2.60. The largest absolute Gasteiger partial charge is 0.490 e. The van der Waals surface area contributed by atoms with Crippen LogP contribution in [-0.2, 0) is 14.8 Å². The molecule has 1 aliphatic heterocycles. The summed E-state index contributed by atoms with van der Waals surface area (Å²) in [4.78, 5) is 14.6. The number of nitrogens with one attached hydrogen (secondary N) is 2. The van der Waals surface area contributed by atoms with Crippen LogP contribution in [0.1, 0.15) is 17.9 Å². The molecule has 8 nitrogen and oxygen atoms in total. The van der Waals surface area contributed by atoms with Crippen LogP contribution in [0.15, 0.2) is 47.6 Å². The van der Waals surface area contributed by atoms with Crippen molar-refractivity contribution >= 4 is 32.6 Å². The lowest BCUT2D eigenvalue weighted by Gasteiger charge is -2.32. The Bertz CT molecular complexity index is 1260. The summed E-state index contributed by atoms with van der Waals surface area (Å²) in [7, 11) is -4.43. The van der Waals surface area contributed by atoms with Crippen LogP contribution in [0.5, 0.6) is 5.75 Å². The minimum Gasteiger partial charge on any atom is -0.490 e. The zero-order valence-electron chi connectivity index (χ0n) is 16.8. The zero-order valence-corrected chi connectivity index (χ0v) is 18.4. The Morgan fingerprint density at radius 2 is 1.91 bits per heavy atom. The van der Waals surface area contributed by atoms with Crippen LogP contribution in [0.4, 0.5) is 18.3 Å². The Morgan fingerprint density at radius 1 is 1.15 bits per heavy atom. The maximum Gasteiger partial charge on any atom is 0.266 e.